The Morgan fingerprint density at radius 1 is 0.561 bits per heavy atom. The maximum absolute atomic E-state index is 15.7. The fourth-order valence-corrected chi connectivity index (χ4v) is 9.62. The lowest BCUT2D eigenvalue weighted by Crippen LogP contribution is -2.37. The fraction of sp³-hybridized carbons (Fsp3) is 0.462. The van der Waals surface area contributed by atoms with Gasteiger partial charge in [-0.2, -0.15) is 17.2 Å². The van der Waals surface area contributed by atoms with Crippen molar-refractivity contribution in [1.82, 2.24) is 0 Å². The third-order valence-corrected chi connectivity index (χ3v) is 12.7. The molecule has 0 saturated carbocycles. The number of carbonyl (C=O) groups excluding carboxylic acids is 1. The summed E-state index contributed by atoms with van der Waals surface area (Å²) in [5.41, 5.74) is -0.194. The summed E-state index contributed by atoms with van der Waals surface area (Å²) < 4.78 is 118. The molecule has 3 aromatic rings. The van der Waals surface area contributed by atoms with Crippen LogP contribution in [-0.4, -0.2) is 127 Å². The molecule has 0 aliphatic heterocycles. The lowest BCUT2D eigenvalue weighted by molar-refractivity contribution is -0.144. The van der Waals surface area contributed by atoms with Gasteiger partial charge in [0.1, 0.15) is 37.1 Å². The smallest absolute Gasteiger partial charge is 0.403 e. The van der Waals surface area contributed by atoms with Gasteiger partial charge >= 0.3 is 21.3 Å². The summed E-state index contributed by atoms with van der Waals surface area (Å²) in [6.45, 7) is 6.59. The van der Waals surface area contributed by atoms with Gasteiger partial charge in [-0.05, 0) is 90.0 Å². The zero-order valence-electron chi connectivity index (χ0n) is 32.6. The number of halogens is 2. The molecule has 0 fully saturated rings. The largest absolute Gasteiger partial charge is 0.491 e. The topological polar surface area (TPSA) is 153 Å². The molecule has 0 amide bonds. The quantitative estimate of drug-likeness (QED) is 0.0434. The van der Waals surface area contributed by atoms with Crippen LogP contribution < -0.4 is 14.2 Å². The van der Waals surface area contributed by atoms with Crippen molar-refractivity contribution < 1.29 is 73.0 Å². The minimum Gasteiger partial charge on any atom is -0.491 e. The Hall–Kier alpha value is -3.85. The van der Waals surface area contributed by atoms with Crippen LogP contribution in [0.5, 0.6) is 17.2 Å². The first-order chi connectivity index (χ1) is 27.4. The van der Waals surface area contributed by atoms with Crippen molar-refractivity contribution in [1.29, 1.82) is 0 Å². The van der Waals surface area contributed by atoms with Crippen molar-refractivity contribution in [3.63, 3.8) is 0 Å². The first-order valence-corrected chi connectivity index (χ1v) is 20.7. The van der Waals surface area contributed by atoms with E-state index in [4.69, 9.17) is 46.3 Å². The van der Waals surface area contributed by atoms with E-state index in [0.29, 0.717) is 56.9 Å². The predicted octanol–water partition coefficient (Wildman–Crippen LogP) is 6.07. The van der Waals surface area contributed by atoms with Gasteiger partial charge in [-0.25, -0.2) is 8.42 Å². The third-order valence-electron chi connectivity index (χ3n) is 7.53. The molecule has 3 aromatic carbocycles. The van der Waals surface area contributed by atoms with Crippen molar-refractivity contribution in [2.45, 2.75) is 26.9 Å². The zero-order valence-corrected chi connectivity index (χ0v) is 34.2. The molecule has 18 heteroatoms. The Bertz CT molecular complexity index is 1580. The van der Waals surface area contributed by atoms with Crippen LogP contribution in [0.1, 0.15) is 6.92 Å². The van der Waals surface area contributed by atoms with Gasteiger partial charge in [0.25, 0.3) is 0 Å². The Morgan fingerprint density at radius 2 is 0.877 bits per heavy atom. The van der Waals surface area contributed by atoms with E-state index >= 15 is 8.78 Å². The molecular weight excluding hydrogens is 795 g/mol. The summed E-state index contributed by atoms with van der Waals surface area (Å²) in [7, 11) is -4.77. The summed E-state index contributed by atoms with van der Waals surface area (Å²) in [5, 5.41) is -4.68. The maximum Gasteiger partial charge on any atom is 0.403 e. The highest BCUT2D eigenvalue weighted by Gasteiger charge is 2.52. The van der Waals surface area contributed by atoms with Crippen molar-refractivity contribution >= 4 is 26.4 Å². The third kappa shape index (κ3) is 15.1. The number of hydrogen-bond acceptors (Lipinski definition) is 14. The van der Waals surface area contributed by atoms with Gasteiger partial charge in [-0.15, -0.1) is 0 Å². The second-order valence-corrected chi connectivity index (χ2v) is 16.4. The van der Waals surface area contributed by atoms with E-state index < -0.39 is 38.3 Å². The molecule has 14 nitrogen and oxygen atoms in total. The zero-order chi connectivity index (χ0) is 41.6. The minimum atomic E-state index is -5.87. The van der Waals surface area contributed by atoms with E-state index in [2.05, 4.69) is 11.3 Å². The van der Waals surface area contributed by atoms with E-state index in [1.807, 2.05) is 0 Å². The van der Waals surface area contributed by atoms with Gasteiger partial charge in [0.2, 0.25) is 0 Å². The average Bonchev–Trinajstić information content (AvgIpc) is 3.20. The average molecular weight is 847 g/mol. The molecular formula is C39H52F2O14S2. The summed E-state index contributed by atoms with van der Waals surface area (Å²) in [5.74, 6) is 0.00296. The van der Waals surface area contributed by atoms with E-state index in [0.717, 1.165) is 0 Å². The van der Waals surface area contributed by atoms with Crippen LogP contribution in [0.25, 0.3) is 0 Å². The molecule has 0 radical (unpaired) electrons. The molecule has 0 unspecified atom stereocenters. The van der Waals surface area contributed by atoms with Crippen LogP contribution in [-0.2, 0) is 51.7 Å². The highest BCUT2D eigenvalue weighted by Crippen LogP contribution is 2.71. The van der Waals surface area contributed by atoms with E-state index in [1.165, 1.54) is 43.3 Å². The Labute approximate surface area is 334 Å². The number of ether oxygens (including phenoxy) is 10. The molecule has 0 bridgehead atoms. The monoisotopic (exact) mass is 846 g/mol. The van der Waals surface area contributed by atoms with Crippen LogP contribution >= 0.6 is 10.3 Å². The molecule has 318 valence electrons. The highest BCUT2D eigenvalue weighted by molar-refractivity contribution is 8.33. The van der Waals surface area contributed by atoms with Gasteiger partial charge in [0.05, 0.1) is 59.5 Å². The molecule has 0 spiro atoms. The number of alkyl halides is 2. The van der Waals surface area contributed by atoms with Gasteiger partial charge < -0.3 is 47.4 Å². The van der Waals surface area contributed by atoms with Crippen LogP contribution in [0.15, 0.2) is 99.6 Å². The van der Waals surface area contributed by atoms with Crippen LogP contribution in [0.4, 0.5) is 8.78 Å². The first kappa shape index (κ1) is 47.5. The van der Waals surface area contributed by atoms with Crippen LogP contribution in [0, 0.1) is 0 Å². The molecule has 0 atom stereocenters. The standard InChI is InChI=1S/C39H52F2O14S2/c1-31(2)38(42)54-30-39(40,41)57(43,44)55-56(35-12-6-32(7-13-35)51-27-24-48-21-18-45-3,36-14-8-33(9-15-36)52-28-25-49-22-19-46-4)37-16-10-34(11-17-37)53-29-26-50-23-20-47-5/h6-17H,1,18-30H2,2-5H3. The second kappa shape index (κ2) is 24.8. The first-order valence-electron chi connectivity index (χ1n) is 17.8. The fourth-order valence-electron chi connectivity index (χ4n) is 4.63. The molecule has 0 aliphatic rings. The second-order valence-electron chi connectivity index (χ2n) is 11.8. The van der Waals surface area contributed by atoms with Gasteiger partial charge in [-0.3, -0.25) is 0 Å². The SMILES string of the molecule is C=C(C)C(=O)OCC(F)(F)S(=O)(=O)OS(c1ccc(OCCOCCOC)cc1)(c1ccc(OCCOCCOC)cc1)c1ccc(OCCOCCOC)cc1. The van der Waals surface area contributed by atoms with Crippen molar-refractivity contribution in [3.8, 4) is 17.2 Å². The van der Waals surface area contributed by atoms with Crippen molar-refractivity contribution in [3.05, 3.63) is 84.9 Å². The van der Waals surface area contributed by atoms with E-state index in [9.17, 15) is 13.2 Å². The van der Waals surface area contributed by atoms with Gasteiger partial charge in [0.15, 0.2) is 6.61 Å². The molecule has 0 N–H and O–H groups in total. The summed E-state index contributed by atoms with van der Waals surface area (Å²) in [6, 6.07) is 18.6. The van der Waals surface area contributed by atoms with Crippen molar-refractivity contribution in [2.24, 2.45) is 0 Å². The Kier molecular flexibility index (Phi) is 20.7. The molecule has 3 rings (SSSR count). The van der Waals surface area contributed by atoms with Gasteiger partial charge in [0, 0.05) is 41.6 Å². The summed E-state index contributed by atoms with van der Waals surface area (Å²) in [4.78, 5) is 12.7. The normalized spacial score (nSPS) is 12.2. The minimum absolute atomic E-state index is 0.193. The lowest BCUT2D eigenvalue weighted by Gasteiger charge is -2.40. The maximum atomic E-state index is 15.7. The highest BCUT2D eigenvalue weighted by atomic mass is 32.3. The Balaban J connectivity index is 2.09. The number of esters is 1. The summed E-state index contributed by atoms with van der Waals surface area (Å²) in [6.07, 6.45) is 0. The molecule has 57 heavy (non-hydrogen) atoms. The molecule has 0 saturated heterocycles. The number of hydrogen-bond donors (Lipinski definition) is 0. The molecule has 0 heterocycles. The predicted molar refractivity (Wildman–Crippen MR) is 207 cm³/mol. The van der Waals surface area contributed by atoms with Crippen LogP contribution in [0.3, 0.4) is 0 Å². The number of methoxy groups -OCH3 is 3. The molecule has 0 aliphatic carbocycles. The van der Waals surface area contributed by atoms with Crippen LogP contribution in [0.2, 0.25) is 0 Å². The summed E-state index contributed by atoms with van der Waals surface area (Å²) >= 11 is 0. The number of carbonyl (C=O) groups is 1. The number of rotatable bonds is 30. The Morgan fingerprint density at radius 3 is 1.18 bits per heavy atom. The van der Waals surface area contributed by atoms with Crippen molar-refractivity contribution in [2.75, 3.05) is 107 Å². The van der Waals surface area contributed by atoms with E-state index in [-0.39, 0.29) is 59.9 Å². The van der Waals surface area contributed by atoms with E-state index in [1.54, 1.807) is 57.7 Å². The number of benzene rings is 3. The molecule has 0 aromatic heterocycles. The lowest BCUT2D eigenvalue weighted by atomic mass is 10.3. The van der Waals surface area contributed by atoms with Gasteiger partial charge in [-0.1, -0.05) is 6.58 Å².